The van der Waals surface area contributed by atoms with Gasteiger partial charge in [-0.2, -0.15) is 20.0 Å². The molecule has 0 saturated carbocycles. The van der Waals surface area contributed by atoms with E-state index in [0.717, 1.165) is 29.5 Å². The number of carbonyl (C=O) groups excluding carboxylic acids is 1. The summed E-state index contributed by atoms with van der Waals surface area (Å²) in [5.41, 5.74) is 3.89. The van der Waals surface area contributed by atoms with Gasteiger partial charge in [0, 0.05) is 13.1 Å². The number of nitrogens with zero attached hydrogens (tertiary/aromatic N) is 5. The van der Waals surface area contributed by atoms with E-state index in [-0.39, 0.29) is 11.9 Å². The molecule has 0 aliphatic carbocycles. The lowest BCUT2D eigenvalue weighted by molar-refractivity contribution is 0.0539. The zero-order chi connectivity index (χ0) is 22.1. The molecule has 8 heteroatoms. The molecule has 1 N–H and O–H groups in total. The van der Waals surface area contributed by atoms with Crippen molar-refractivity contribution in [2.75, 3.05) is 18.4 Å². The van der Waals surface area contributed by atoms with E-state index >= 15 is 0 Å². The lowest BCUT2D eigenvalue weighted by Crippen LogP contribution is -2.51. The highest BCUT2D eigenvalue weighted by atomic mass is 16.4. The molecule has 2 atom stereocenters. The average Bonchev–Trinajstić information content (AvgIpc) is 3.47. The predicted octanol–water partition coefficient (Wildman–Crippen LogP) is 4.07. The Morgan fingerprint density at radius 1 is 1.19 bits per heavy atom. The van der Waals surface area contributed by atoms with Crippen LogP contribution < -0.4 is 5.32 Å². The molecule has 0 bridgehead atoms. The molecule has 4 aromatic rings. The van der Waals surface area contributed by atoms with Crippen molar-refractivity contribution in [3.05, 3.63) is 66.0 Å². The number of amides is 1. The van der Waals surface area contributed by atoms with E-state index in [2.05, 4.69) is 27.4 Å². The average molecular weight is 431 g/mol. The minimum Gasteiger partial charge on any atom is -0.424 e. The fraction of sp³-hybridized carbons (Fsp3) is 0.333. The van der Waals surface area contributed by atoms with Crippen LogP contribution in [0.25, 0.3) is 16.8 Å². The molecule has 164 valence electrons. The molecule has 32 heavy (non-hydrogen) atoms. The summed E-state index contributed by atoms with van der Waals surface area (Å²) in [7, 11) is 0. The fourth-order valence-electron chi connectivity index (χ4n) is 4.44. The van der Waals surface area contributed by atoms with Crippen LogP contribution in [0.3, 0.4) is 0 Å². The van der Waals surface area contributed by atoms with E-state index in [4.69, 9.17) is 4.42 Å². The lowest BCUT2D eigenvalue weighted by atomic mass is 9.90. The number of aryl methyl sites for hydroxylation is 1. The lowest BCUT2D eigenvalue weighted by Gasteiger charge is -2.40. The Bertz CT molecular complexity index is 1200. The van der Waals surface area contributed by atoms with Gasteiger partial charge < -0.3 is 14.6 Å². The number of likely N-dealkylation sites (tertiary alicyclic amines) is 1. The first-order valence-electron chi connectivity index (χ1n) is 11.0. The summed E-state index contributed by atoms with van der Waals surface area (Å²) < 4.78 is 5.81. The second kappa shape index (κ2) is 8.45. The number of anilines is 1. The van der Waals surface area contributed by atoms with E-state index in [1.54, 1.807) is 12.4 Å². The normalized spacial score (nSPS) is 18.8. The number of hydrogen-bond acceptors (Lipinski definition) is 6. The van der Waals surface area contributed by atoms with Gasteiger partial charge in [0.05, 0.1) is 29.7 Å². The maximum atomic E-state index is 13.8. The highest BCUT2D eigenvalue weighted by Gasteiger charge is 2.33. The van der Waals surface area contributed by atoms with Gasteiger partial charge in [0.2, 0.25) is 0 Å². The summed E-state index contributed by atoms with van der Waals surface area (Å²) in [5, 5.41) is 11.8. The largest absolute Gasteiger partial charge is 0.424 e. The van der Waals surface area contributed by atoms with Crippen LogP contribution in [0.4, 0.5) is 6.01 Å². The van der Waals surface area contributed by atoms with Crippen molar-refractivity contribution < 1.29 is 9.21 Å². The molecular weight excluding hydrogens is 404 g/mol. The number of fused-ring (bicyclic) bond motifs is 1. The van der Waals surface area contributed by atoms with Crippen LogP contribution >= 0.6 is 0 Å². The molecule has 8 nitrogen and oxygen atoms in total. The molecular formula is C24H26N6O2. The second-order valence-corrected chi connectivity index (χ2v) is 8.39. The van der Waals surface area contributed by atoms with Gasteiger partial charge >= 0.3 is 0 Å². The number of nitrogens with one attached hydrogen (secondary N) is 1. The van der Waals surface area contributed by atoms with Crippen LogP contribution in [0.1, 0.15) is 35.7 Å². The summed E-state index contributed by atoms with van der Waals surface area (Å²) in [6.45, 7) is 5.47. The van der Waals surface area contributed by atoms with Crippen molar-refractivity contribution in [1.82, 2.24) is 24.9 Å². The van der Waals surface area contributed by atoms with Crippen LogP contribution in [-0.2, 0) is 0 Å². The summed E-state index contributed by atoms with van der Waals surface area (Å²) in [6, 6.07) is 14.0. The standard InChI is InChI=1S/C24H26N6O2/c1-16-9-10-20(30-26-11-12-27-30)18(14-16)23(31)29-13-5-6-17(2)21(29)15-25-24-28-19-7-3-4-8-22(19)32-24/h3-4,7-12,14,17,21H,5-6,13,15H2,1-2H3,(H,25,28)/t17-,21?/m1/s1. The fourth-order valence-corrected chi connectivity index (χ4v) is 4.44. The monoisotopic (exact) mass is 430 g/mol. The topological polar surface area (TPSA) is 89.1 Å². The van der Waals surface area contributed by atoms with Crippen LogP contribution in [0, 0.1) is 12.8 Å². The highest BCUT2D eigenvalue weighted by Crippen LogP contribution is 2.28. The number of oxazole rings is 1. The summed E-state index contributed by atoms with van der Waals surface area (Å²) in [5.74, 6) is 0.345. The first-order chi connectivity index (χ1) is 15.6. The predicted molar refractivity (Wildman–Crippen MR) is 122 cm³/mol. The van der Waals surface area contributed by atoms with Gasteiger partial charge in [0.25, 0.3) is 11.9 Å². The highest BCUT2D eigenvalue weighted by molar-refractivity contribution is 5.98. The third-order valence-corrected chi connectivity index (χ3v) is 6.15. The van der Waals surface area contributed by atoms with E-state index in [1.807, 2.05) is 54.3 Å². The third kappa shape index (κ3) is 3.84. The first-order valence-corrected chi connectivity index (χ1v) is 11.0. The maximum absolute atomic E-state index is 13.8. The number of aromatic nitrogens is 4. The van der Waals surface area contributed by atoms with E-state index in [0.29, 0.717) is 36.3 Å². The van der Waals surface area contributed by atoms with Gasteiger partial charge in [-0.05, 0) is 49.9 Å². The number of piperidine rings is 1. The smallest absolute Gasteiger partial charge is 0.295 e. The molecule has 3 heterocycles. The van der Waals surface area contributed by atoms with Crippen LogP contribution in [0.2, 0.25) is 0 Å². The summed E-state index contributed by atoms with van der Waals surface area (Å²) in [6.07, 6.45) is 5.28. The molecule has 5 rings (SSSR count). The molecule has 1 saturated heterocycles. The Labute approximate surface area is 186 Å². The quantitative estimate of drug-likeness (QED) is 0.513. The van der Waals surface area contributed by atoms with Crippen molar-refractivity contribution in [2.24, 2.45) is 5.92 Å². The van der Waals surface area contributed by atoms with E-state index < -0.39 is 0 Å². The second-order valence-electron chi connectivity index (χ2n) is 8.39. The molecule has 1 aliphatic rings. The Morgan fingerprint density at radius 3 is 2.81 bits per heavy atom. The summed E-state index contributed by atoms with van der Waals surface area (Å²) in [4.78, 5) is 21.8. The third-order valence-electron chi connectivity index (χ3n) is 6.15. The number of hydrogen-bond donors (Lipinski definition) is 1. The van der Waals surface area contributed by atoms with E-state index in [9.17, 15) is 4.79 Å². The molecule has 2 aromatic carbocycles. The minimum absolute atomic E-state index is 0.00286. The molecule has 1 aliphatic heterocycles. The van der Waals surface area contributed by atoms with Crippen molar-refractivity contribution in [2.45, 2.75) is 32.7 Å². The van der Waals surface area contributed by atoms with Crippen molar-refractivity contribution in [3.8, 4) is 5.69 Å². The van der Waals surface area contributed by atoms with Gasteiger partial charge in [-0.15, -0.1) is 0 Å². The maximum Gasteiger partial charge on any atom is 0.295 e. The van der Waals surface area contributed by atoms with Gasteiger partial charge in [0.15, 0.2) is 5.58 Å². The van der Waals surface area contributed by atoms with Gasteiger partial charge in [-0.25, -0.2) is 0 Å². The Balaban J connectivity index is 1.41. The molecule has 2 aromatic heterocycles. The van der Waals surface area contributed by atoms with Crippen molar-refractivity contribution in [1.29, 1.82) is 0 Å². The van der Waals surface area contributed by atoms with Crippen molar-refractivity contribution in [3.63, 3.8) is 0 Å². The van der Waals surface area contributed by atoms with Crippen LogP contribution in [-0.4, -0.2) is 49.9 Å². The zero-order valence-corrected chi connectivity index (χ0v) is 18.2. The molecule has 1 unspecified atom stereocenters. The number of para-hydroxylation sites is 2. The molecule has 0 radical (unpaired) electrons. The SMILES string of the molecule is Cc1ccc(-n2nccn2)c(C(=O)N2CCC[C@@H](C)C2CNc2nc3ccccc3o2)c1. The Morgan fingerprint density at radius 2 is 2.00 bits per heavy atom. The molecule has 1 amide bonds. The number of benzene rings is 2. The Kier molecular flexibility index (Phi) is 5.34. The first kappa shape index (κ1) is 20.2. The zero-order valence-electron chi connectivity index (χ0n) is 18.2. The van der Waals surface area contributed by atoms with Crippen molar-refractivity contribution >= 4 is 23.0 Å². The number of rotatable bonds is 5. The van der Waals surface area contributed by atoms with Gasteiger partial charge in [-0.3, -0.25) is 4.79 Å². The van der Waals surface area contributed by atoms with Gasteiger partial charge in [-0.1, -0.05) is 30.7 Å². The molecule has 0 spiro atoms. The van der Waals surface area contributed by atoms with Crippen LogP contribution in [0.5, 0.6) is 0 Å². The molecule has 1 fully saturated rings. The summed E-state index contributed by atoms with van der Waals surface area (Å²) >= 11 is 0. The number of carbonyl (C=O) groups is 1. The Hall–Kier alpha value is -3.68. The van der Waals surface area contributed by atoms with Crippen LogP contribution in [0.15, 0.2) is 59.3 Å². The van der Waals surface area contributed by atoms with E-state index in [1.165, 1.54) is 4.80 Å². The van der Waals surface area contributed by atoms with Gasteiger partial charge in [0.1, 0.15) is 5.52 Å². The minimum atomic E-state index is -0.00286.